The van der Waals surface area contributed by atoms with Crippen LogP contribution in [-0.2, 0) is 6.42 Å². The van der Waals surface area contributed by atoms with Crippen LogP contribution in [0.4, 0.5) is 0 Å². The number of rotatable bonds is 7. The molecule has 1 aromatic carbocycles. The minimum atomic E-state index is -0.246. The molecule has 8 nitrogen and oxygen atoms in total. The average molecular weight is 371 g/mol. The predicted octanol–water partition coefficient (Wildman–Crippen LogP) is 1.21. The Balaban J connectivity index is 1.74. The molecule has 3 rings (SSSR count). The Morgan fingerprint density at radius 3 is 2.93 bits per heavy atom. The molecule has 2 heterocycles. The summed E-state index contributed by atoms with van der Waals surface area (Å²) in [6.45, 7) is 0.658. The number of likely N-dealkylation sites (tertiary alicyclic amines) is 1. The first-order chi connectivity index (χ1) is 13.2. The van der Waals surface area contributed by atoms with E-state index < -0.39 is 0 Å². The zero-order chi connectivity index (χ0) is 19.2. The first-order valence-corrected chi connectivity index (χ1v) is 8.77. The van der Waals surface area contributed by atoms with Gasteiger partial charge in [-0.3, -0.25) is 14.6 Å². The molecule has 0 aliphatic carbocycles. The smallest absolute Gasteiger partial charge is 0.274 e. The number of aromatic hydroxyl groups is 1. The second kappa shape index (κ2) is 8.59. The van der Waals surface area contributed by atoms with Crippen LogP contribution in [0.15, 0.2) is 30.6 Å². The van der Waals surface area contributed by atoms with Crippen LogP contribution in [0, 0.1) is 0 Å². The lowest BCUT2D eigenvalue weighted by molar-refractivity contribution is 0.0682. The molecule has 2 aromatic rings. The first kappa shape index (κ1) is 18.8. The lowest BCUT2D eigenvalue weighted by atomic mass is 10.2. The number of benzene rings is 1. The lowest BCUT2D eigenvalue weighted by Gasteiger charge is -2.25. The Hall–Kier alpha value is -3.00. The largest absolute Gasteiger partial charge is 0.507 e. The van der Waals surface area contributed by atoms with Gasteiger partial charge in [0, 0.05) is 32.0 Å². The highest BCUT2D eigenvalue weighted by Gasteiger charge is 2.32. The molecule has 1 atom stereocenters. The minimum absolute atomic E-state index is 0.0903. The molecule has 1 amide bonds. The van der Waals surface area contributed by atoms with Crippen LogP contribution >= 0.6 is 0 Å². The molecule has 0 saturated carbocycles. The van der Waals surface area contributed by atoms with Gasteiger partial charge in [-0.1, -0.05) is 6.07 Å². The van der Waals surface area contributed by atoms with Crippen LogP contribution in [0.3, 0.4) is 0 Å². The van der Waals surface area contributed by atoms with Crippen molar-refractivity contribution in [3.8, 4) is 11.5 Å². The van der Waals surface area contributed by atoms with E-state index >= 15 is 0 Å². The topological polar surface area (TPSA) is 113 Å². The van der Waals surface area contributed by atoms with Gasteiger partial charge in [-0.2, -0.15) is 0 Å². The van der Waals surface area contributed by atoms with Gasteiger partial charge in [0.25, 0.3) is 5.91 Å². The quantitative estimate of drug-likeness (QED) is 0.704. The molecule has 1 aliphatic heterocycles. The number of aldehydes is 1. The summed E-state index contributed by atoms with van der Waals surface area (Å²) in [6.07, 6.45) is 5.35. The molecule has 1 aliphatic rings. The molecule has 8 heteroatoms. The van der Waals surface area contributed by atoms with Gasteiger partial charge >= 0.3 is 0 Å². The van der Waals surface area contributed by atoms with Gasteiger partial charge < -0.3 is 19.8 Å². The molecular weight excluding hydrogens is 350 g/mol. The van der Waals surface area contributed by atoms with Gasteiger partial charge in [0.1, 0.15) is 23.8 Å². The zero-order valence-electron chi connectivity index (χ0n) is 14.7. The van der Waals surface area contributed by atoms with Gasteiger partial charge in [0.15, 0.2) is 6.29 Å². The van der Waals surface area contributed by atoms with E-state index in [0.717, 1.165) is 12.8 Å². The Morgan fingerprint density at radius 2 is 2.15 bits per heavy atom. The fourth-order valence-corrected chi connectivity index (χ4v) is 3.21. The third kappa shape index (κ3) is 4.06. The van der Waals surface area contributed by atoms with Crippen LogP contribution < -0.4 is 4.74 Å². The number of hydrogen-bond acceptors (Lipinski definition) is 7. The lowest BCUT2D eigenvalue weighted by Crippen LogP contribution is -2.40. The van der Waals surface area contributed by atoms with Crippen molar-refractivity contribution >= 4 is 12.2 Å². The van der Waals surface area contributed by atoms with Crippen molar-refractivity contribution in [3.05, 3.63) is 47.5 Å². The molecule has 142 valence electrons. The van der Waals surface area contributed by atoms with E-state index in [1.807, 2.05) is 0 Å². The Kier molecular flexibility index (Phi) is 5.97. The van der Waals surface area contributed by atoms with Crippen molar-refractivity contribution in [2.45, 2.75) is 25.3 Å². The summed E-state index contributed by atoms with van der Waals surface area (Å²) in [5, 5.41) is 18.9. The molecular formula is C19H21N3O5. The number of aliphatic hydroxyl groups excluding tert-OH is 1. The highest BCUT2D eigenvalue weighted by molar-refractivity contribution is 5.93. The maximum Gasteiger partial charge on any atom is 0.274 e. The van der Waals surface area contributed by atoms with Crippen molar-refractivity contribution in [2.24, 2.45) is 0 Å². The van der Waals surface area contributed by atoms with E-state index in [1.54, 1.807) is 17.0 Å². The summed E-state index contributed by atoms with van der Waals surface area (Å²) >= 11 is 0. The van der Waals surface area contributed by atoms with Crippen molar-refractivity contribution < 1.29 is 24.5 Å². The van der Waals surface area contributed by atoms with Crippen LogP contribution in [0.25, 0.3) is 0 Å². The van der Waals surface area contributed by atoms with Crippen molar-refractivity contribution in [2.75, 3.05) is 19.8 Å². The summed E-state index contributed by atoms with van der Waals surface area (Å²) in [4.78, 5) is 34.1. The monoisotopic (exact) mass is 371 g/mol. The third-order valence-electron chi connectivity index (χ3n) is 4.56. The second-order valence-corrected chi connectivity index (χ2v) is 6.24. The Morgan fingerprint density at radius 1 is 1.33 bits per heavy atom. The molecule has 2 N–H and O–H groups in total. The van der Waals surface area contributed by atoms with Crippen LogP contribution in [0.1, 0.15) is 39.4 Å². The van der Waals surface area contributed by atoms with Crippen LogP contribution in [0.2, 0.25) is 0 Å². The summed E-state index contributed by atoms with van der Waals surface area (Å²) in [5.74, 6) is -0.107. The van der Waals surface area contributed by atoms with E-state index in [4.69, 9.17) is 9.84 Å². The van der Waals surface area contributed by atoms with E-state index in [2.05, 4.69) is 9.97 Å². The number of nitrogens with zero attached hydrogens (tertiary/aromatic N) is 3. The summed E-state index contributed by atoms with van der Waals surface area (Å²) < 4.78 is 5.73. The van der Waals surface area contributed by atoms with Crippen molar-refractivity contribution in [1.29, 1.82) is 0 Å². The van der Waals surface area contributed by atoms with Gasteiger partial charge in [-0.25, -0.2) is 4.98 Å². The number of aliphatic hydroxyl groups is 1. The van der Waals surface area contributed by atoms with E-state index in [-0.39, 0.29) is 54.3 Å². The maximum atomic E-state index is 12.9. The van der Waals surface area contributed by atoms with Crippen LogP contribution in [0.5, 0.6) is 11.5 Å². The van der Waals surface area contributed by atoms with Crippen molar-refractivity contribution in [1.82, 2.24) is 14.9 Å². The number of aromatic nitrogens is 2. The Labute approximate surface area is 156 Å². The Bertz CT molecular complexity index is 827. The normalized spacial score (nSPS) is 16.3. The minimum Gasteiger partial charge on any atom is -0.507 e. The standard InChI is InChI=1S/C19H21N3O5/c23-10-6-15-18(21-8-7-20-15)19(26)22-9-2-3-13(22)12-27-17-5-1-4-16(25)14(17)11-24/h1,4-5,7-8,11,13,23,25H,2-3,6,9-10,12H2. The van der Waals surface area contributed by atoms with Gasteiger partial charge in [-0.05, 0) is 25.0 Å². The first-order valence-electron chi connectivity index (χ1n) is 8.77. The third-order valence-corrected chi connectivity index (χ3v) is 4.56. The van der Waals surface area contributed by atoms with Gasteiger partial charge in [0.2, 0.25) is 0 Å². The predicted molar refractivity (Wildman–Crippen MR) is 95.9 cm³/mol. The number of phenols is 1. The fourth-order valence-electron chi connectivity index (χ4n) is 3.21. The molecule has 0 spiro atoms. The number of carbonyl (C=O) groups excluding carboxylic acids is 2. The summed E-state index contributed by atoms with van der Waals surface area (Å²) in [7, 11) is 0. The van der Waals surface area contributed by atoms with Gasteiger partial charge in [-0.15, -0.1) is 0 Å². The molecule has 1 aromatic heterocycles. The highest BCUT2D eigenvalue weighted by Crippen LogP contribution is 2.27. The van der Waals surface area contributed by atoms with Crippen LogP contribution in [-0.4, -0.2) is 63.1 Å². The molecule has 1 unspecified atom stereocenters. The average Bonchev–Trinajstić information content (AvgIpc) is 3.15. The fraction of sp³-hybridized carbons (Fsp3) is 0.368. The SMILES string of the molecule is O=Cc1c(O)cccc1OCC1CCCN1C(=O)c1nccnc1CCO. The summed E-state index contributed by atoms with van der Waals surface area (Å²) in [6, 6.07) is 4.43. The molecule has 1 fully saturated rings. The number of carbonyl (C=O) groups is 2. The number of amides is 1. The van der Waals surface area contributed by atoms with E-state index in [1.165, 1.54) is 18.5 Å². The number of ether oxygens (including phenoxy) is 1. The van der Waals surface area contributed by atoms with Crippen molar-refractivity contribution in [3.63, 3.8) is 0 Å². The van der Waals surface area contributed by atoms with E-state index in [0.29, 0.717) is 18.5 Å². The molecule has 1 saturated heterocycles. The molecule has 0 radical (unpaired) electrons. The van der Waals surface area contributed by atoms with E-state index in [9.17, 15) is 14.7 Å². The van der Waals surface area contributed by atoms with Gasteiger partial charge in [0.05, 0.1) is 17.3 Å². The number of phenolic OH excluding ortho intramolecular Hbond substituents is 1. The number of hydrogen-bond donors (Lipinski definition) is 2. The second-order valence-electron chi connectivity index (χ2n) is 6.24. The highest BCUT2D eigenvalue weighted by atomic mass is 16.5. The molecule has 0 bridgehead atoms. The molecule has 27 heavy (non-hydrogen) atoms. The maximum absolute atomic E-state index is 12.9. The zero-order valence-corrected chi connectivity index (χ0v) is 14.7. The summed E-state index contributed by atoms with van der Waals surface area (Å²) in [5.41, 5.74) is 0.796.